The largest absolute Gasteiger partial charge is 0.417 e. The lowest BCUT2D eigenvalue weighted by molar-refractivity contribution is 0.367. The van der Waals surface area contributed by atoms with Crippen LogP contribution in [0, 0.1) is 0 Å². The van der Waals surface area contributed by atoms with Gasteiger partial charge in [0.25, 0.3) is 0 Å². The molecule has 2 aromatic heterocycles. The number of rotatable bonds is 4. The molecular weight excluding hydrogens is 374 g/mol. The van der Waals surface area contributed by atoms with Crippen LogP contribution in [0.25, 0.3) is 11.1 Å². The Morgan fingerprint density at radius 3 is 2.52 bits per heavy atom. The second-order valence-electron chi connectivity index (χ2n) is 6.64. The van der Waals surface area contributed by atoms with Crippen LogP contribution < -0.4 is 10.7 Å². The third-order valence-corrected chi connectivity index (χ3v) is 6.36. The first-order valence-corrected chi connectivity index (χ1v) is 10.00. The smallest absolute Gasteiger partial charge is 0.408 e. The molecule has 1 N–H and O–H groups in total. The minimum absolute atomic E-state index is 0.0890. The van der Waals surface area contributed by atoms with Crippen molar-refractivity contribution >= 4 is 27.1 Å². The molecule has 0 bridgehead atoms. The normalized spacial score (nSPS) is 16.5. The lowest BCUT2D eigenvalue weighted by Gasteiger charge is -2.32. The SMILES string of the molecule is CC(C)c1nnc(N2CCN(S(=O)(=O)c3ccc4[nH]c(=O)oc4c3)CC2)o1. The molecule has 1 aromatic carbocycles. The van der Waals surface area contributed by atoms with Crippen LogP contribution in [0.2, 0.25) is 0 Å². The van der Waals surface area contributed by atoms with Gasteiger partial charge in [0.15, 0.2) is 5.58 Å². The monoisotopic (exact) mass is 393 g/mol. The Bertz CT molecular complexity index is 1120. The highest BCUT2D eigenvalue weighted by Crippen LogP contribution is 2.24. The summed E-state index contributed by atoms with van der Waals surface area (Å²) in [6.07, 6.45) is 0. The van der Waals surface area contributed by atoms with Gasteiger partial charge in [0.05, 0.1) is 10.4 Å². The number of aromatic nitrogens is 3. The Balaban J connectivity index is 1.51. The first kappa shape index (κ1) is 17.7. The molecule has 1 aliphatic heterocycles. The fourth-order valence-electron chi connectivity index (χ4n) is 2.94. The average Bonchev–Trinajstić information content (AvgIpc) is 3.27. The van der Waals surface area contributed by atoms with Crippen LogP contribution in [-0.4, -0.2) is 54.1 Å². The average molecular weight is 393 g/mol. The summed E-state index contributed by atoms with van der Waals surface area (Å²) >= 11 is 0. The molecule has 3 aromatic rings. The number of nitrogens with one attached hydrogen (secondary N) is 1. The molecule has 0 spiro atoms. The van der Waals surface area contributed by atoms with E-state index in [1.54, 1.807) is 0 Å². The summed E-state index contributed by atoms with van der Waals surface area (Å²) < 4.78 is 37.8. The van der Waals surface area contributed by atoms with Gasteiger partial charge in [-0.3, -0.25) is 4.98 Å². The highest BCUT2D eigenvalue weighted by molar-refractivity contribution is 7.89. The van der Waals surface area contributed by atoms with Gasteiger partial charge in [-0.25, -0.2) is 13.2 Å². The van der Waals surface area contributed by atoms with Crippen LogP contribution in [0.4, 0.5) is 6.01 Å². The van der Waals surface area contributed by atoms with Crippen molar-refractivity contribution in [1.82, 2.24) is 19.5 Å². The van der Waals surface area contributed by atoms with Gasteiger partial charge in [-0.15, -0.1) is 5.10 Å². The number of oxazole rings is 1. The molecular formula is C16H19N5O5S. The van der Waals surface area contributed by atoms with Gasteiger partial charge in [-0.1, -0.05) is 18.9 Å². The van der Waals surface area contributed by atoms with Crippen LogP contribution in [-0.2, 0) is 10.0 Å². The summed E-state index contributed by atoms with van der Waals surface area (Å²) in [4.78, 5) is 15.7. The molecule has 0 amide bonds. The maximum absolute atomic E-state index is 12.9. The first-order valence-electron chi connectivity index (χ1n) is 8.56. The fourth-order valence-corrected chi connectivity index (χ4v) is 4.38. The maximum atomic E-state index is 12.9. The van der Waals surface area contributed by atoms with Gasteiger partial charge in [0.1, 0.15) is 0 Å². The zero-order chi connectivity index (χ0) is 19.2. The Morgan fingerprint density at radius 1 is 1.11 bits per heavy atom. The molecule has 3 heterocycles. The molecule has 1 saturated heterocycles. The molecule has 0 atom stereocenters. The lowest BCUT2D eigenvalue weighted by atomic mass is 10.2. The number of fused-ring (bicyclic) bond motifs is 1. The summed E-state index contributed by atoms with van der Waals surface area (Å²) in [7, 11) is -3.69. The van der Waals surface area contributed by atoms with E-state index in [2.05, 4.69) is 15.2 Å². The van der Waals surface area contributed by atoms with Crippen molar-refractivity contribution in [2.24, 2.45) is 0 Å². The van der Waals surface area contributed by atoms with Crippen LogP contribution in [0.5, 0.6) is 0 Å². The van der Waals surface area contributed by atoms with E-state index in [1.165, 1.54) is 22.5 Å². The number of piperazine rings is 1. The van der Waals surface area contributed by atoms with Crippen LogP contribution in [0.3, 0.4) is 0 Å². The van der Waals surface area contributed by atoms with Gasteiger partial charge in [0.2, 0.25) is 15.9 Å². The summed E-state index contributed by atoms with van der Waals surface area (Å²) in [5.74, 6) is 0.0751. The zero-order valence-electron chi connectivity index (χ0n) is 14.9. The topological polar surface area (TPSA) is 126 Å². The van der Waals surface area contributed by atoms with Crippen molar-refractivity contribution in [2.45, 2.75) is 24.7 Å². The number of aromatic amines is 1. The number of sulfonamides is 1. The molecule has 27 heavy (non-hydrogen) atoms. The van der Waals surface area contributed by atoms with E-state index in [0.717, 1.165) is 0 Å². The maximum Gasteiger partial charge on any atom is 0.417 e. The summed E-state index contributed by atoms with van der Waals surface area (Å²) in [5, 5.41) is 8.05. The van der Waals surface area contributed by atoms with E-state index in [9.17, 15) is 13.2 Å². The molecule has 0 saturated carbocycles. The second-order valence-corrected chi connectivity index (χ2v) is 8.58. The number of H-pyrrole nitrogens is 1. The fraction of sp³-hybridized carbons (Fsp3) is 0.438. The van der Waals surface area contributed by atoms with Crippen molar-refractivity contribution in [2.75, 3.05) is 31.1 Å². The first-order chi connectivity index (χ1) is 12.8. The predicted molar refractivity (Wildman–Crippen MR) is 96.2 cm³/mol. The number of benzene rings is 1. The van der Waals surface area contributed by atoms with E-state index < -0.39 is 15.8 Å². The quantitative estimate of drug-likeness (QED) is 0.699. The minimum Gasteiger partial charge on any atom is -0.408 e. The van der Waals surface area contributed by atoms with Crippen LogP contribution in [0.15, 0.2) is 36.7 Å². The Hall–Kier alpha value is -2.66. The Labute approximate surface area is 154 Å². The summed E-state index contributed by atoms with van der Waals surface area (Å²) in [6, 6.07) is 4.76. The Kier molecular flexibility index (Phi) is 4.27. The zero-order valence-corrected chi connectivity index (χ0v) is 15.7. The summed E-state index contributed by atoms with van der Waals surface area (Å²) in [5.41, 5.74) is 0.674. The molecule has 10 nitrogen and oxygen atoms in total. The number of anilines is 1. The van der Waals surface area contributed by atoms with E-state index in [0.29, 0.717) is 30.5 Å². The highest BCUT2D eigenvalue weighted by Gasteiger charge is 2.30. The van der Waals surface area contributed by atoms with Gasteiger partial charge in [-0.05, 0) is 12.1 Å². The summed E-state index contributed by atoms with van der Waals surface area (Å²) in [6.45, 7) is 5.39. The van der Waals surface area contributed by atoms with Gasteiger partial charge < -0.3 is 13.7 Å². The standard InChI is InChI=1S/C16H19N5O5S/c1-10(2)14-18-19-15(26-14)20-5-7-21(8-6-20)27(23,24)11-3-4-12-13(9-11)25-16(22)17-12/h3-4,9-10H,5-8H2,1-2H3,(H,17,22). The predicted octanol–water partition coefficient (Wildman–Crippen LogP) is 1.14. The van der Waals surface area contributed by atoms with Crippen molar-refractivity contribution in [1.29, 1.82) is 0 Å². The van der Waals surface area contributed by atoms with Crippen LogP contribution in [0.1, 0.15) is 25.7 Å². The van der Waals surface area contributed by atoms with Gasteiger partial charge in [-0.2, -0.15) is 4.31 Å². The van der Waals surface area contributed by atoms with Gasteiger partial charge in [0, 0.05) is 38.2 Å². The van der Waals surface area contributed by atoms with E-state index >= 15 is 0 Å². The molecule has 0 radical (unpaired) electrons. The van der Waals surface area contributed by atoms with Crippen molar-refractivity contribution < 1.29 is 17.3 Å². The van der Waals surface area contributed by atoms with E-state index in [1.807, 2.05) is 18.7 Å². The third kappa shape index (κ3) is 3.23. The molecule has 11 heteroatoms. The van der Waals surface area contributed by atoms with Crippen molar-refractivity contribution in [3.63, 3.8) is 0 Å². The number of hydrogen-bond acceptors (Lipinski definition) is 8. The minimum atomic E-state index is -3.69. The highest BCUT2D eigenvalue weighted by atomic mass is 32.2. The van der Waals surface area contributed by atoms with E-state index in [4.69, 9.17) is 8.83 Å². The molecule has 4 rings (SSSR count). The number of nitrogens with zero attached hydrogens (tertiary/aromatic N) is 4. The van der Waals surface area contributed by atoms with Gasteiger partial charge >= 0.3 is 11.8 Å². The molecule has 0 unspecified atom stereocenters. The molecule has 1 fully saturated rings. The number of hydrogen-bond donors (Lipinski definition) is 1. The Morgan fingerprint density at radius 2 is 1.85 bits per heavy atom. The van der Waals surface area contributed by atoms with Crippen molar-refractivity contribution in [3.8, 4) is 0 Å². The lowest BCUT2D eigenvalue weighted by Crippen LogP contribution is -2.48. The van der Waals surface area contributed by atoms with E-state index in [-0.39, 0.29) is 29.5 Å². The third-order valence-electron chi connectivity index (χ3n) is 4.46. The molecule has 144 valence electrons. The van der Waals surface area contributed by atoms with Crippen molar-refractivity contribution in [3.05, 3.63) is 34.6 Å². The molecule has 0 aliphatic carbocycles. The van der Waals surface area contributed by atoms with Crippen LogP contribution >= 0.6 is 0 Å². The second kappa shape index (κ2) is 6.50. The molecule has 1 aliphatic rings.